The average molecular weight is 226 g/mol. The lowest BCUT2D eigenvalue weighted by molar-refractivity contribution is -0.0721. The quantitative estimate of drug-likeness (QED) is 0.848. The summed E-state index contributed by atoms with van der Waals surface area (Å²) >= 11 is 0. The molecule has 16 heavy (non-hydrogen) atoms. The van der Waals surface area contributed by atoms with Crippen molar-refractivity contribution in [1.82, 2.24) is 0 Å². The second-order valence-electron chi connectivity index (χ2n) is 3.54. The first-order chi connectivity index (χ1) is 7.66. The molecule has 1 N–H and O–H groups in total. The number of carbonyl (C=O) groups is 1. The Labute approximate surface area is 91.6 Å². The first kappa shape index (κ1) is 10.9. The van der Waals surface area contributed by atoms with Crippen molar-refractivity contribution in [1.29, 1.82) is 0 Å². The van der Waals surface area contributed by atoms with E-state index in [-0.39, 0.29) is 11.7 Å². The topological polar surface area (TPSA) is 55.8 Å². The molecule has 1 heterocycles. The normalized spacial score (nSPS) is 18.9. The highest BCUT2D eigenvalue weighted by molar-refractivity contribution is 5.88. The van der Waals surface area contributed by atoms with Crippen molar-refractivity contribution in [3.8, 4) is 5.75 Å². The molecule has 1 saturated heterocycles. The van der Waals surface area contributed by atoms with E-state index >= 15 is 0 Å². The molecule has 1 atom stereocenters. The Morgan fingerprint density at radius 2 is 2.38 bits per heavy atom. The SMILES string of the molecule is O=C(O)c1ccc(OC[C@H]2CCO2)cc1F. The minimum Gasteiger partial charge on any atom is -0.491 e. The van der Waals surface area contributed by atoms with Crippen LogP contribution < -0.4 is 4.74 Å². The number of carboxylic acid groups (broad SMARTS) is 1. The first-order valence-electron chi connectivity index (χ1n) is 4.94. The maximum Gasteiger partial charge on any atom is 0.338 e. The highest BCUT2D eigenvalue weighted by atomic mass is 19.1. The van der Waals surface area contributed by atoms with Crippen molar-refractivity contribution < 1.29 is 23.8 Å². The van der Waals surface area contributed by atoms with Crippen LogP contribution in [0, 0.1) is 5.82 Å². The molecule has 0 bridgehead atoms. The molecule has 0 amide bonds. The molecule has 0 spiro atoms. The Morgan fingerprint density at radius 3 is 2.88 bits per heavy atom. The number of rotatable bonds is 4. The van der Waals surface area contributed by atoms with Gasteiger partial charge in [0.15, 0.2) is 0 Å². The van der Waals surface area contributed by atoms with Crippen LogP contribution in [0.4, 0.5) is 4.39 Å². The van der Waals surface area contributed by atoms with Gasteiger partial charge in [-0.25, -0.2) is 9.18 Å². The van der Waals surface area contributed by atoms with E-state index in [4.69, 9.17) is 14.6 Å². The predicted molar refractivity (Wildman–Crippen MR) is 53.2 cm³/mol. The highest BCUT2D eigenvalue weighted by Gasteiger charge is 2.19. The Morgan fingerprint density at radius 1 is 1.62 bits per heavy atom. The van der Waals surface area contributed by atoms with Gasteiger partial charge in [0.1, 0.15) is 18.2 Å². The van der Waals surface area contributed by atoms with Crippen LogP contribution in [0.5, 0.6) is 5.75 Å². The van der Waals surface area contributed by atoms with Crippen molar-refractivity contribution in [2.45, 2.75) is 12.5 Å². The number of benzene rings is 1. The number of hydrogen-bond donors (Lipinski definition) is 1. The summed E-state index contributed by atoms with van der Waals surface area (Å²) in [4.78, 5) is 10.6. The van der Waals surface area contributed by atoms with Gasteiger partial charge in [0.25, 0.3) is 0 Å². The fourth-order valence-electron chi connectivity index (χ4n) is 1.36. The molecular formula is C11H11FO4. The first-order valence-corrected chi connectivity index (χ1v) is 4.94. The van der Waals surface area contributed by atoms with Crippen LogP contribution in [0.25, 0.3) is 0 Å². The molecule has 2 rings (SSSR count). The summed E-state index contributed by atoms with van der Waals surface area (Å²) in [6.07, 6.45) is 1.01. The van der Waals surface area contributed by atoms with Crippen molar-refractivity contribution in [3.05, 3.63) is 29.6 Å². The molecule has 1 fully saturated rings. The average Bonchev–Trinajstić information content (AvgIpc) is 2.14. The molecule has 1 aliphatic heterocycles. The molecule has 0 saturated carbocycles. The van der Waals surface area contributed by atoms with Gasteiger partial charge in [-0.1, -0.05) is 0 Å². The van der Waals surface area contributed by atoms with Gasteiger partial charge in [-0.2, -0.15) is 0 Å². The van der Waals surface area contributed by atoms with Gasteiger partial charge in [0, 0.05) is 19.1 Å². The third-order valence-corrected chi connectivity index (χ3v) is 2.40. The summed E-state index contributed by atoms with van der Waals surface area (Å²) in [5.74, 6) is -1.76. The minimum absolute atomic E-state index is 0.0715. The second kappa shape index (κ2) is 4.49. The molecule has 1 aromatic rings. The van der Waals surface area contributed by atoms with Crippen LogP contribution in [-0.2, 0) is 4.74 Å². The lowest BCUT2D eigenvalue weighted by atomic mass is 10.2. The monoisotopic (exact) mass is 226 g/mol. The second-order valence-corrected chi connectivity index (χ2v) is 3.54. The lowest BCUT2D eigenvalue weighted by Gasteiger charge is -2.26. The van der Waals surface area contributed by atoms with E-state index in [2.05, 4.69) is 0 Å². The van der Waals surface area contributed by atoms with Gasteiger partial charge in [0.05, 0.1) is 11.7 Å². The summed E-state index contributed by atoms with van der Waals surface area (Å²) in [5.41, 5.74) is -0.354. The van der Waals surface area contributed by atoms with E-state index in [1.54, 1.807) is 0 Å². The van der Waals surface area contributed by atoms with Crippen LogP contribution >= 0.6 is 0 Å². The Kier molecular flexibility index (Phi) is 3.05. The van der Waals surface area contributed by atoms with E-state index in [9.17, 15) is 9.18 Å². The smallest absolute Gasteiger partial charge is 0.338 e. The van der Waals surface area contributed by atoms with Crippen molar-refractivity contribution >= 4 is 5.97 Å². The number of aromatic carboxylic acids is 1. The molecule has 0 unspecified atom stereocenters. The van der Waals surface area contributed by atoms with Gasteiger partial charge in [-0.3, -0.25) is 0 Å². The van der Waals surface area contributed by atoms with E-state index in [1.807, 2.05) is 0 Å². The number of halogens is 1. The van der Waals surface area contributed by atoms with Crippen molar-refractivity contribution in [3.63, 3.8) is 0 Å². The van der Waals surface area contributed by atoms with Gasteiger partial charge < -0.3 is 14.6 Å². The van der Waals surface area contributed by atoms with Gasteiger partial charge in [0.2, 0.25) is 0 Å². The van der Waals surface area contributed by atoms with Crippen LogP contribution in [0.1, 0.15) is 16.8 Å². The molecule has 5 heteroatoms. The zero-order valence-corrected chi connectivity index (χ0v) is 8.48. The summed E-state index contributed by atoms with van der Waals surface area (Å²) in [7, 11) is 0. The zero-order chi connectivity index (χ0) is 11.5. The van der Waals surface area contributed by atoms with Crippen LogP contribution in [0.3, 0.4) is 0 Å². The lowest BCUT2D eigenvalue weighted by Crippen LogP contribution is -2.32. The van der Waals surface area contributed by atoms with Gasteiger partial charge >= 0.3 is 5.97 Å². The van der Waals surface area contributed by atoms with E-state index in [1.165, 1.54) is 12.1 Å². The van der Waals surface area contributed by atoms with Crippen molar-refractivity contribution in [2.75, 3.05) is 13.2 Å². The molecule has 4 nitrogen and oxygen atoms in total. The zero-order valence-electron chi connectivity index (χ0n) is 8.48. The fourth-order valence-corrected chi connectivity index (χ4v) is 1.36. The third-order valence-electron chi connectivity index (χ3n) is 2.40. The number of ether oxygens (including phenoxy) is 2. The maximum absolute atomic E-state index is 13.2. The molecule has 0 aliphatic carbocycles. The summed E-state index contributed by atoms with van der Waals surface area (Å²) < 4.78 is 23.6. The van der Waals surface area contributed by atoms with Crippen LogP contribution in [0.2, 0.25) is 0 Å². The van der Waals surface area contributed by atoms with E-state index in [0.717, 1.165) is 19.1 Å². The minimum atomic E-state index is -1.29. The summed E-state index contributed by atoms with van der Waals surface area (Å²) in [6.45, 7) is 1.10. The standard InChI is InChI=1S/C11H11FO4/c12-10-5-7(1-2-9(10)11(13)14)16-6-8-3-4-15-8/h1-2,5,8H,3-4,6H2,(H,13,14)/t8-/m1/s1. The maximum atomic E-state index is 13.2. The summed E-state index contributed by atoms with van der Waals surface area (Å²) in [5, 5.41) is 8.62. The predicted octanol–water partition coefficient (Wildman–Crippen LogP) is 1.69. The fraction of sp³-hybridized carbons (Fsp3) is 0.364. The molecule has 0 radical (unpaired) electrons. The van der Waals surface area contributed by atoms with Gasteiger partial charge in [-0.05, 0) is 12.1 Å². The molecule has 1 aliphatic rings. The number of hydrogen-bond acceptors (Lipinski definition) is 3. The van der Waals surface area contributed by atoms with E-state index < -0.39 is 11.8 Å². The summed E-state index contributed by atoms with van der Waals surface area (Å²) in [6, 6.07) is 3.70. The highest BCUT2D eigenvalue weighted by Crippen LogP contribution is 2.19. The van der Waals surface area contributed by atoms with Crippen LogP contribution in [-0.4, -0.2) is 30.4 Å². The molecular weight excluding hydrogens is 215 g/mol. The largest absolute Gasteiger partial charge is 0.491 e. The van der Waals surface area contributed by atoms with Crippen LogP contribution in [0.15, 0.2) is 18.2 Å². The molecule has 1 aromatic carbocycles. The van der Waals surface area contributed by atoms with Crippen molar-refractivity contribution in [2.24, 2.45) is 0 Å². The molecule has 0 aromatic heterocycles. The molecule has 86 valence electrons. The third kappa shape index (κ3) is 2.30. The Bertz CT molecular complexity index is 401. The Hall–Kier alpha value is -1.62. The van der Waals surface area contributed by atoms with Gasteiger partial charge in [-0.15, -0.1) is 0 Å². The Balaban J connectivity index is 1.99. The number of carboxylic acids is 1. The van der Waals surface area contributed by atoms with E-state index in [0.29, 0.717) is 12.4 Å².